The number of nitrogens with zero attached hydrogens (tertiary/aromatic N) is 2. The van der Waals surface area contributed by atoms with E-state index in [0.29, 0.717) is 6.04 Å². The van der Waals surface area contributed by atoms with Gasteiger partial charge in [-0.05, 0) is 46.0 Å². The van der Waals surface area contributed by atoms with Gasteiger partial charge >= 0.3 is 0 Å². The molecule has 0 aromatic carbocycles. The molecule has 1 unspecified atom stereocenters. The molecular weight excluding hydrogens is 292 g/mol. The molecule has 0 aliphatic heterocycles. The minimum Gasteiger partial charge on any atom is -0.357 e. The number of thiazole rings is 1. The van der Waals surface area contributed by atoms with Gasteiger partial charge in [-0.25, -0.2) is 4.98 Å². The van der Waals surface area contributed by atoms with Gasteiger partial charge in [0.2, 0.25) is 0 Å². The number of hydrogen-bond donors (Lipinski definition) is 2. The van der Waals surface area contributed by atoms with Crippen LogP contribution in [0.4, 0.5) is 0 Å². The van der Waals surface area contributed by atoms with E-state index in [9.17, 15) is 0 Å². The summed E-state index contributed by atoms with van der Waals surface area (Å²) < 4.78 is 0. The first-order valence-electron chi connectivity index (χ1n) is 8.47. The second-order valence-electron chi connectivity index (χ2n) is 6.26. The summed E-state index contributed by atoms with van der Waals surface area (Å²) in [5.74, 6) is 1.69. The van der Waals surface area contributed by atoms with Crippen molar-refractivity contribution in [3.63, 3.8) is 0 Å². The van der Waals surface area contributed by atoms with Gasteiger partial charge in [0.1, 0.15) is 0 Å². The summed E-state index contributed by atoms with van der Waals surface area (Å²) in [5, 5.41) is 10.2. The van der Waals surface area contributed by atoms with Gasteiger partial charge in [0.15, 0.2) is 5.96 Å². The third-order valence-electron chi connectivity index (χ3n) is 3.39. The van der Waals surface area contributed by atoms with Crippen LogP contribution in [0.3, 0.4) is 0 Å². The molecule has 1 aromatic heterocycles. The second kappa shape index (κ2) is 10.6. The van der Waals surface area contributed by atoms with Crippen LogP contribution in [-0.4, -0.2) is 30.1 Å². The van der Waals surface area contributed by atoms with Crippen LogP contribution in [0.5, 0.6) is 0 Å². The summed E-state index contributed by atoms with van der Waals surface area (Å²) in [6.45, 7) is 12.7. The van der Waals surface area contributed by atoms with Crippen LogP contribution >= 0.6 is 11.3 Å². The van der Waals surface area contributed by atoms with E-state index in [-0.39, 0.29) is 0 Å². The summed E-state index contributed by atoms with van der Waals surface area (Å²) in [6, 6.07) is 0.460. The lowest BCUT2D eigenvalue weighted by atomic mass is 10.0. The molecule has 0 aliphatic rings. The number of nitrogens with one attached hydrogen (secondary N) is 2. The zero-order chi connectivity index (χ0) is 16.4. The Balaban J connectivity index is 2.34. The van der Waals surface area contributed by atoms with Crippen LogP contribution in [0.1, 0.15) is 57.7 Å². The molecule has 1 rings (SSSR count). The van der Waals surface area contributed by atoms with Gasteiger partial charge in [-0.1, -0.05) is 13.8 Å². The third-order valence-corrected chi connectivity index (χ3v) is 4.42. The van der Waals surface area contributed by atoms with Gasteiger partial charge in [0, 0.05) is 36.6 Å². The summed E-state index contributed by atoms with van der Waals surface area (Å²) in [6.07, 6.45) is 4.49. The van der Waals surface area contributed by atoms with Crippen molar-refractivity contribution in [3.05, 3.63) is 16.1 Å². The molecule has 1 atom stereocenters. The van der Waals surface area contributed by atoms with Crippen molar-refractivity contribution in [3.8, 4) is 0 Å². The molecule has 0 spiro atoms. The average molecular weight is 325 g/mol. The highest BCUT2D eigenvalue weighted by atomic mass is 32.1. The van der Waals surface area contributed by atoms with Crippen molar-refractivity contribution < 1.29 is 0 Å². The maximum absolute atomic E-state index is 4.67. The molecule has 0 saturated carbocycles. The van der Waals surface area contributed by atoms with Crippen LogP contribution in [0, 0.1) is 12.8 Å². The fourth-order valence-corrected chi connectivity index (χ4v) is 2.97. The number of rotatable bonds is 9. The van der Waals surface area contributed by atoms with Crippen LogP contribution < -0.4 is 10.6 Å². The Morgan fingerprint density at radius 3 is 2.68 bits per heavy atom. The van der Waals surface area contributed by atoms with E-state index in [2.05, 4.69) is 53.7 Å². The molecule has 0 aliphatic carbocycles. The minimum atomic E-state index is 0.460. The molecule has 22 heavy (non-hydrogen) atoms. The monoisotopic (exact) mass is 324 g/mol. The maximum Gasteiger partial charge on any atom is 0.191 e. The predicted molar refractivity (Wildman–Crippen MR) is 97.8 cm³/mol. The van der Waals surface area contributed by atoms with E-state index < -0.39 is 0 Å². The van der Waals surface area contributed by atoms with Crippen LogP contribution in [0.25, 0.3) is 0 Å². The first-order chi connectivity index (χ1) is 10.5. The number of aliphatic imine (C=N–C) groups is 1. The van der Waals surface area contributed by atoms with Crippen LogP contribution in [0.15, 0.2) is 10.4 Å². The molecule has 126 valence electrons. The lowest BCUT2D eigenvalue weighted by molar-refractivity contribution is 0.489. The van der Waals surface area contributed by atoms with Crippen LogP contribution in [0.2, 0.25) is 0 Å². The average Bonchev–Trinajstić information content (AvgIpc) is 2.87. The third kappa shape index (κ3) is 8.37. The van der Waals surface area contributed by atoms with Crippen molar-refractivity contribution in [1.29, 1.82) is 0 Å². The van der Waals surface area contributed by atoms with E-state index >= 15 is 0 Å². The smallest absolute Gasteiger partial charge is 0.191 e. The van der Waals surface area contributed by atoms with Gasteiger partial charge in [-0.3, -0.25) is 4.99 Å². The molecule has 1 aromatic rings. The molecule has 1 heterocycles. The van der Waals surface area contributed by atoms with E-state index in [1.165, 1.54) is 17.8 Å². The van der Waals surface area contributed by atoms with Gasteiger partial charge in [-0.15, -0.1) is 11.3 Å². The normalized spacial score (nSPS) is 13.5. The van der Waals surface area contributed by atoms with E-state index in [1.54, 1.807) is 11.3 Å². The summed E-state index contributed by atoms with van der Waals surface area (Å²) >= 11 is 1.75. The van der Waals surface area contributed by atoms with Gasteiger partial charge in [-0.2, -0.15) is 0 Å². The van der Waals surface area contributed by atoms with Crippen LogP contribution in [-0.2, 0) is 6.42 Å². The zero-order valence-corrected chi connectivity index (χ0v) is 15.6. The summed E-state index contributed by atoms with van der Waals surface area (Å²) in [7, 11) is 0. The first kappa shape index (κ1) is 18.9. The molecule has 0 bridgehead atoms. The second-order valence-corrected chi connectivity index (χ2v) is 7.21. The highest BCUT2D eigenvalue weighted by Gasteiger charge is 2.06. The molecule has 0 amide bonds. The fraction of sp³-hybridized carbons (Fsp3) is 0.765. The Labute approximate surface area is 139 Å². The maximum atomic E-state index is 4.67. The Bertz CT molecular complexity index is 440. The molecule has 0 saturated heterocycles. The lowest BCUT2D eigenvalue weighted by Crippen LogP contribution is -2.42. The number of hydrogen-bond acceptors (Lipinski definition) is 3. The first-order valence-corrected chi connectivity index (χ1v) is 9.35. The van der Waals surface area contributed by atoms with Gasteiger partial charge < -0.3 is 10.6 Å². The highest BCUT2D eigenvalue weighted by molar-refractivity contribution is 7.09. The molecule has 2 N–H and O–H groups in total. The Kier molecular flexibility index (Phi) is 9.13. The summed E-state index contributed by atoms with van der Waals surface area (Å²) in [4.78, 5) is 9.17. The van der Waals surface area contributed by atoms with E-state index in [4.69, 9.17) is 0 Å². The SMILES string of the molecule is CCNC(=NCCCc1nc(C)cs1)NC(C)CCC(C)C. The van der Waals surface area contributed by atoms with E-state index in [0.717, 1.165) is 43.5 Å². The number of guanidine groups is 1. The van der Waals surface area contributed by atoms with Crippen molar-refractivity contribution in [2.75, 3.05) is 13.1 Å². The van der Waals surface area contributed by atoms with Crippen molar-refractivity contribution in [1.82, 2.24) is 15.6 Å². The van der Waals surface area contributed by atoms with Crippen molar-refractivity contribution >= 4 is 17.3 Å². The minimum absolute atomic E-state index is 0.460. The summed E-state index contributed by atoms with van der Waals surface area (Å²) in [5.41, 5.74) is 1.12. The standard InChI is InChI=1S/C17H32N4S/c1-6-18-17(21-14(4)10-9-13(2)3)19-11-7-8-16-20-15(5)12-22-16/h12-14H,6-11H2,1-5H3,(H2,18,19,21). The quantitative estimate of drug-likeness (QED) is 0.413. The van der Waals surface area contributed by atoms with E-state index in [1.807, 2.05) is 6.92 Å². The number of aryl methyl sites for hydroxylation is 2. The Hall–Kier alpha value is -1.10. The molecular formula is C17H32N4S. The largest absolute Gasteiger partial charge is 0.357 e. The fourth-order valence-electron chi connectivity index (χ4n) is 2.15. The topological polar surface area (TPSA) is 49.3 Å². The van der Waals surface area contributed by atoms with Gasteiger partial charge in [0.05, 0.1) is 5.01 Å². The van der Waals surface area contributed by atoms with Gasteiger partial charge in [0.25, 0.3) is 0 Å². The molecule has 0 radical (unpaired) electrons. The molecule has 0 fully saturated rings. The van der Waals surface area contributed by atoms with Crippen molar-refractivity contribution in [2.45, 2.75) is 66.3 Å². The Morgan fingerprint density at radius 2 is 2.09 bits per heavy atom. The predicted octanol–water partition coefficient (Wildman–Crippen LogP) is 3.76. The highest BCUT2D eigenvalue weighted by Crippen LogP contribution is 2.10. The zero-order valence-electron chi connectivity index (χ0n) is 14.8. The lowest BCUT2D eigenvalue weighted by Gasteiger charge is -2.18. The number of aromatic nitrogens is 1. The van der Waals surface area contributed by atoms with Crippen molar-refractivity contribution in [2.24, 2.45) is 10.9 Å². The molecule has 5 heteroatoms. The molecule has 4 nitrogen and oxygen atoms in total. The Morgan fingerprint density at radius 1 is 1.32 bits per heavy atom.